The maximum Gasteiger partial charge on any atom is 0.326 e. The van der Waals surface area contributed by atoms with Crippen LogP contribution in [0.5, 0.6) is 0 Å². The number of rotatable bonds is 7. The van der Waals surface area contributed by atoms with Crippen LogP contribution in [0.25, 0.3) is 0 Å². The van der Waals surface area contributed by atoms with Crippen molar-refractivity contribution >= 4 is 11.9 Å². The fourth-order valence-corrected chi connectivity index (χ4v) is 1.77. The number of benzene rings is 1. The molecule has 1 aromatic rings. The van der Waals surface area contributed by atoms with Gasteiger partial charge in [-0.3, -0.25) is 4.79 Å². The first-order chi connectivity index (χ1) is 9.43. The average molecular weight is 285 g/mol. The third-order valence-electron chi connectivity index (χ3n) is 2.84. The lowest BCUT2D eigenvalue weighted by Gasteiger charge is -2.13. The molecule has 6 heteroatoms. The Labute approximate surface area is 115 Å². The first kappa shape index (κ1) is 16.1. The molecule has 0 spiro atoms. The molecule has 0 aliphatic rings. The van der Waals surface area contributed by atoms with Crippen molar-refractivity contribution in [1.29, 1.82) is 0 Å². The second kappa shape index (κ2) is 7.57. The van der Waals surface area contributed by atoms with Crippen molar-refractivity contribution in [1.82, 2.24) is 5.32 Å². The minimum Gasteiger partial charge on any atom is -0.480 e. The van der Waals surface area contributed by atoms with Crippen molar-refractivity contribution in [3.8, 4) is 0 Å². The van der Waals surface area contributed by atoms with E-state index in [2.05, 4.69) is 5.32 Å². The van der Waals surface area contributed by atoms with E-state index in [9.17, 15) is 18.4 Å². The monoisotopic (exact) mass is 285 g/mol. The number of amides is 1. The molecule has 0 saturated carbocycles. The largest absolute Gasteiger partial charge is 0.480 e. The summed E-state index contributed by atoms with van der Waals surface area (Å²) in [6, 6.07) is 2.52. The Kier molecular flexibility index (Phi) is 6.09. The first-order valence-electron chi connectivity index (χ1n) is 6.40. The van der Waals surface area contributed by atoms with Crippen LogP contribution in [-0.4, -0.2) is 23.0 Å². The number of hydrogen-bond acceptors (Lipinski definition) is 2. The highest BCUT2D eigenvalue weighted by molar-refractivity contribution is 5.83. The molecule has 0 aliphatic carbocycles. The summed E-state index contributed by atoms with van der Waals surface area (Å²) >= 11 is 0. The summed E-state index contributed by atoms with van der Waals surface area (Å²) in [6.45, 7) is 1.82. The Morgan fingerprint density at radius 1 is 1.30 bits per heavy atom. The molecular formula is C14H17F2NO3. The molecule has 0 aromatic heterocycles. The molecule has 0 bridgehead atoms. The third-order valence-corrected chi connectivity index (χ3v) is 2.84. The summed E-state index contributed by atoms with van der Waals surface area (Å²) in [5.74, 6) is -3.40. The van der Waals surface area contributed by atoms with Crippen LogP contribution in [0.2, 0.25) is 0 Å². The second-order valence-electron chi connectivity index (χ2n) is 4.50. The Hall–Kier alpha value is -1.98. The molecule has 1 rings (SSSR count). The fourth-order valence-electron chi connectivity index (χ4n) is 1.77. The number of carbonyl (C=O) groups excluding carboxylic acids is 1. The minimum atomic E-state index is -1.08. The maximum absolute atomic E-state index is 13.0. The molecule has 0 fully saturated rings. The number of carbonyl (C=O) groups is 2. The van der Waals surface area contributed by atoms with E-state index in [1.165, 1.54) is 6.07 Å². The summed E-state index contributed by atoms with van der Waals surface area (Å²) in [6.07, 6.45) is 1.24. The van der Waals surface area contributed by atoms with Crippen LogP contribution in [-0.2, 0) is 16.0 Å². The first-order valence-corrected chi connectivity index (χ1v) is 6.40. The summed E-state index contributed by atoms with van der Waals surface area (Å²) in [4.78, 5) is 22.5. The van der Waals surface area contributed by atoms with E-state index in [4.69, 9.17) is 5.11 Å². The van der Waals surface area contributed by atoms with Crippen LogP contribution in [0.15, 0.2) is 18.2 Å². The highest BCUT2D eigenvalue weighted by Crippen LogP contribution is 2.10. The molecule has 0 saturated heterocycles. The van der Waals surface area contributed by atoms with Gasteiger partial charge >= 0.3 is 5.97 Å². The van der Waals surface area contributed by atoms with Gasteiger partial charge in [-0.1, -0.05) is 19.4 Å². The zero-order chi connectivity index (χ0) is 15.1. The summed E-state index contributed by atoms with van der Waals surface area (Å²) in [5, 5.41) is 11.3. The number of halogens is 2. The van der Waals surface area contributed by atoms with Crippen LogP contribution < -0.4 is 5.32 Å². The van der Waals surface area contributed by atoms with Gasteiger partial charge in [-0.15, -0.1) is 0 Å². The fraction of sp³-hybridized carbons (Fsp3) is 0.429. The van der Waals surface area contributed by atoms with Crippen LogP contribution in [0, 0.1) is 11.6 Å². The lowest BCUT2D eigenvalue weighted by molar-refractivity contribution is -0.142. The second-order valence-corrected chi connectivity index (χ2v) is 4.50. The molecular weight excluding hydrogens is 268 g/mol. The Morgan fingerprint density at radius 2 is 2.00 bits per heavy atom. The highest BCUT2D eigenvalue weighted by Gasteiger charge is 2.18. The molecule has 2 N–H and O–H groups in total. The molecule has 1 unspecified atom stereocenters. The van der Waals surface area contributed by atoms with Crippen LogP contribution in [0.1, 0.15) is 31.7 Å². The third kappa shape index (κ3) is 4.95. The molecule has 20 heavy (non-hydrogen) atoms. The van der Waals surface area contributed by atoms with Gasteiger partial charge in [-0.2, -0.15) is 0 Å². The number of nitrogens with one attached hydrogen (secondary N) is 1. The molecule has 0 heterocycles. The predicted molar refractivity (Wildman–Crippen MR) is 69.2 cm³/mol. The summed E-state index contributed by atoms with van der Waals surface area (Å²) in [7, 11) is 0. The van der Waals surface area contributed by atoms with Crippen molar-refractivity contribution in [3.63, 3.8) is 0 Å². The predicted octanol–water partition coefficient (Wildman–Crippen LogP) is 2.27. The van der Waals surface area contributed by atoms with E-state index < -0.39 is 29.6 Å². The SMILES string of the molecule is CCCC(NC(=O)CCc1ccc(F)c(F)c1)C(=O)O. The molecule has 4 nitrogen and oxygen atoms in total. The number of aryl methyl sites for hydroxylation is 1. The maximum atomic E-state index is 13.0. The van der Waals surface area contributed by atoms with Gasteiger partial charge in [0.05, 0.1) is 0 Å². The topological polar surface area (TPSA) is 66.4 Å². The minimum absolute atomic E-state index is 0.0264. The van der Waals surface area contributed by atoms with Crippen LogP contribution in [0.3, 0.4) is 0 Å². The van der Waals surface area contributed by atoms with Gasteiger partial charge in [0.15, 0.2) is 11.6 Å². The van der Waals surface area contributed by atoms with Gasteiger partial charge in [0.25, 0.3) is 0 Å². The van der Waals surface area contributed by atoms with Gasteiger partial charge in [0.1, 0.15) is 6.04 Å². The number of aliphatic carboxylic acids is 1. The van der Waals surface area contributed by atoms with Gasteiger partial charge in [-0.25, -0.2) is 13.6 Å². The van der Waals surface area contributed by atoms with Crippen molar-refractivity contribution in [2.45, 2.75) is 38.6 Å². The molecule has 0 radical (unpaired) electrons. The van der Waals surface area contributed by atoms with Crippen molar-refractivity contribution in [2.75, 3.05) is 0 Å². The lowest BCUT2D eigenvalue weighted by atomic mass is 10.1. The average Bonchev–Trinajstić information content (AvgIpc) is 2.39. The summed E-state index contributed by atoms with van der Waals surface area (Å²) < 4.78 is 25.7. The van der Waals surface area contributed by atoms with Gasteiger partial charge in [-0.05, 0) is 30.5 Å². The Bertz CT molecular complexity index is 491. The normalized spacial score (nSPS) is 11.9. The number of hydrogen-bond donors (Lipinski definition) is 2. The van der Waals surface area contributed by atoms with Crippen LogP contribution >= 0.6 is 0 Å². The van der Waals surface area contributed by atoms with Gasteiger partial charge in [0, 0.05) is 6.42 Å². The molecule has 1 amide bonds. The van der Waals surface area contributed by atoms with Crippen molar-refractivity contribution in [2.24, 2.45) is 0 Å². The van der Waals surface area contributed by atoms with Crippen LogP contribution in [0.4, 0.5) is 8.78 Å². The Morgan fingerprint density at radius 3 is 2.55 bits per heavy atom. The quantitative estimate of drug-likeness (QED) is 0.807. The van der Waals surface area contributed by atoms with E-state index in [-0.39, 0.29) is 12.8 Å². The van der Waals surface area contributed by atoms with E-state index in [1.54, 1.807) is 0 Å². The molecule has 110 valence electrons. The number of carboxylic acid groups (broad SMARTS) is 1. The molecule has 1 atom stereocenters. The van der Waals surface area contributed by atoms with E-state index in [0.29, 0.717) is 18.4 Å². The van der Waals surface area contributed by atoms with Crippen molar-refractivity contribution < 1.29 is 23.5 Å². The Balaban J connectivity index is 2.50. The molecule has 0 aliphatic heterocycles. The number of carboxylic acids is 1. The zero-order valence-electron chi connectivity index (χ0n) is 11.2. The summed E-state index contributed by atoms with van der Waals surface area (Å²) in [5.41, 5.74) is 0.487. The lowest BCUT2D eigenvalue weighted by Crippen LogP contribution is -2.40. The van der Waals surface area contributed by atoms with E-state index in [1.807, 2.05) is 6.92 Å². The van der Waals surface area contributed by atoms with E-state index >= 15 is 0 Å². The molecule has 1 aromatic carbocycles. The smallest absolute Gasteiger partial charge is 0.326 e. The van der Waals surface area contributed by atoms with Gasteiger partial charge in [0.2, 0.25) is 5.91 Å². The van der Waals surface area contributed by atoms with Crippen molar-refractivity contribution in [3.05, 3.63) is 35.4 Å². The highest BCUT2D eigenvalue weighted by atomic mass is 19.2. The standard InChI is InChI=1S/C14H17F2NO3/c1-2-3-12(14(19)20)17-13(18)7-5-9-4-6-10(15)11(16)8-9/h4,6,8,12H,2-3,5,7H2,1H3,(H,17,18)(H,19,20). The zero-order valence-corrected chi connectivity index (χ0v) is 11.2. The van der Waals surface area contributed by atoms with E-state index in [0.717, 1.165) is 12.1 Å². The van der Waals surface area contributed by atoms with Gasteiger partial charge < -0.3 is 10.4 Å².